The van der Waals surface area contributed by atoms with Crippen LogP contribution >= 0.6 is 0 Å². The highest BCUT2D eigenvalue weighted by atomic mass is 16.5. The Morgan fingerprint density at radius 2 is 2.32 bits per heavy atom. The first-order valence-electron chi connectivity index (χ1n) is 6.88. The van der Waals surface area contributed by atoms with Gasteiger partial charge in [-0.3, -0.25) is 4.79 Å². The van der Waals surface area contributed by atoms with Gasteiger partial charge in [0.1, 0.15) is 5.75 Å². The molecule has 0 aromatic heterocycles. The maximum atomic E-state index is 12.1. The van der Waals surface area contributed by atoms with E-state index in [0.29, 0.717) is 0 Å². The summed E-state index contributed by atoms with van der Waals surface area (Å²) >= 11 is 0. The van der Waals surface area contributed by atoms with Crippen molar-refractivity contribution in [3.63, 3.8) is 0 Å². The molecule has 0 saturated carbocycles. The molecule has 4 heteroatoms. The number of carbonyl (C=O) groups excluding carboxylic acids is 1. The van der Waals surface area contributed by atoms with Crippen LogP contribution in [0.3, 0.4) is 0 Å². The van der Waals surface area contributed by atoms with Gasteiger partial charge in [-0.2, -0.15) is 0 Å². The highest BCUT2D eigenvalue weighted by Gasteiger charge is 2.22. The van der Waals surface area contributed by atoms with Crippen molar-refractivity contribution in [3.05, 3.63) is 29.8 Å². The normalized spacial score (nSPS) is 20.6. The summed E-state index contributed by atoms with van der Waals surface area (Å²) in [5.74, 6) is 0.907. The van der Waals surface area contributed by atoms with E-state index in [1.807, 2.05) is 31.2 Å². The zero-order chi connectivity index (χ0) is 13.7. The number of amides is 1. The van der Waals surface area contributed by atoms with Crippen LogP contribution in [0.1, 0.15) is 37.8 Å². The Labute approximate surface area is 114 Å². The van der Waals surface area contributed by atoms with Crippen LogP contribution in [0, 0.1) is 0 Å². The molecule has 1 heterocycles. The van der Waals surface area contributed by atoms with Gasteiger partial charge in [0.25, 0.3) is 0 Å². The maximum absolute atomic E-state index is 12.1. The molecule has 0 aliphatic carbocycles. The summed E-state index contributed by atoms with van der Waals surface area (Å²) in [6, 6.07) is 7.75. The second-order valence-corrected chi connectivity index (χ2v) is 5.01. The molecule has 0 radical (unpaired) electrons. The summed E-state index contributed by atoms with van der Waals surface area (Å²) in [5.41, 5.74) is 1.06. The van der Waals surface area contributed by atoms with Crippen LogP contribution < -0.4 is 15.4 Å². The van der Waals surface area contributed by atoms with Crippen LogP contribution in [0.4, 0.5) is 0 Å². The second-order valence-electron chi connectivity index (χ2n) is 5.01. The quantitative estimate of drug-likeness (QED) is 0.872. The number of carbonyl (C=O) groups is 1. The van der Waals surface area contributed by atoms with E-state index in [0.717, 1.165) is 37.1 Å². The van der Waals surface area contributed by atoms with Crippen LogP contribution in [-0.2, 0) is 4.79 Å². The van der Waals surface area contributed by atoms with Gasteiger partial charge in [-0.1, -0.05) is 18.6 Å². The van der Waals surface area contributed by atoms with E-state index in [2.05, 4.69) is 10.6 Å². The maximum Gasteiger partial charge on any atom is 0.237 e. The number of rotatable bonds is 4. The van der Waals surface area contributed by atoms with Crippen molar-refractivity contribution in [2.75, 3.05) is 13.7 Å². The van der Waals surface area contributed by atoms with E-state index in [1.165, 1.54) is 0 Å². The lowest BCUT2D eigenvalue weighted by molar-refractivity contribution is -0.124. The Balaban J connectivity index is 1.95. The summed E-state index contributed by atoms with van der Waals surface area (Å²) in [6.45, 7) is 2.93. The summed E-state index contributed by atoms with van der Waals surface area (Å²) in [6.07, 6.45) is 3.21. The largest absolute Gasteiger partial charge is 0.497 e. The smallest absolute Gasteiger partial charge is 0.237 e. The molecule has 1 unspecified atom stereocenters. The van der Waals surface area contributed by atoms with Crippen molar-refractivity contribution in [1.82, 2.24) is 10.6 Å². The molecule has 2 rings (SSSR count). The molecular formula is C15H22N2O2. The minimum absolute atomic E-state index is 0.00803. The highest BCUT2D eigenvalue weighted by molar-refractivity contribution is 5.82. The molecule has 2 atom stereocenters. The third-order valence-electron chi connectivity index (χ3n) is 3.58. The van der Waals surface area contributed by atoms with Crippen molar-refractivity contribution in [1.29, 1.82) is 0 Å². The number of hydrogen-bond acceptors (Lipinski definition) is 3. The number of benzene rings is 1. The molecular weight excluding hydrogens is 240 g/mol. The van der Waals surface area contributed by atoms with Crippen LogP contribution in [0.15, 0.2) is 24.3 Å². The first-order valence-corrected chi connectivity index (χ1v) is 6.88. The van der Waals surface area contributed by atoms with E-state index in [1.54, 1.807) is 7.11 Å². The predicted octanol–water partition coefficient (Wildman–Crippen LogP) is 2.01. The Morgan fingerprint density at radius 3 is 3.00 bits per heavy atom. The molecule has 104 valence electrons. The highest BCUT2D eigenvalue weighted by Crippen LogP contribution is 2.19. The average molecular weight is 262 g/mol. The van der Waals surface area contributed by atoms with Crippen molar-refractivity contribution in [3.8, 4) is 5.75 Å². The molecule has 1 aliphatic heterocycles. The molecule has 2 N–H and O–H groups in total. The lowest BCUT2D eigenvalue weighted by atomic mass is 10.0. The summed E-state index contributed by atoms with van der Waals surface area (Å²) in [5, 5.41) is 6.32. The van der Waals surface area contributed by atoms with E-state index in [9.17, 15) is 4.79 Å². The van der Waals surface area contributed by atoms with Gasteiger partial charge in [0, 0.05) is 0 Å². The molecule has 4 nitrogen and oxygen atoms in total. The fourth-order valence-electron chi connectivity index (χ4n) is 2.38. The van der Waals surface area contributed by atoms with Crippen molar-refractivity contribution >= 4 is 5.91 Å². The van der Waals surface area contributed by atoms with E-state index >= 15 is 0 Å². The molecule has 1 fully saturated rings. The third-order valence-corrected chi connectivity index (χ3v) is 3.58. The molecule has 1 aromatic carbocycles. The minimum Gasteiger partial charge on any atom is -0.497 e. The van der Waals surface area contributed by atoms with Crippen LogP contribution in [-0.4, -0.2) is 25.6 Å². The van der Waals surface area contributed by atoms with E-state index < -0.39 is 0 Å². The van der Waals surface area contributed by atoms with Crippen molar-refractivity contribution in [2.24, 2.45) is 0 Å². The zero-order valence-electron chi connectivity index (χ0n) is 11.6. The first kappa shape index (κ1) is 13.9. The molecule has 1 saturated heterocycles. The van der Waals surface area contributed by atoms with Crippen molar-refractivity contribution in [2.45, 2.75) is 38.3 Å². The van der Waals surface area contributed by atoms with Gasteiger partial charge in [-0.05, 0) is 44.0 Å². The zero-order valence-corrected chi connectivity index (χ0v) is 11.6. The van der Waals surface area contributed by atoms with E-state index in [4.69, 9.17) is 4.74 Å². The van der Waals surface area contributed by atoms with Gasteiger partial charge in [0.2, 0.25) is 5.91 Å². The van der Waals surface area contributed by atoms with Crippen LogP contribution in [0.25, 0.3) is 0 Å². The van der Waals surface area contributed by atoms with E-state index in [-0.39, 0.29) is 18.0 Å². The number of methoxy groups -OCH3 is 1. The Bertz CT molecular complexity index is 428. The molecule has 0 spiro atoms. The Hall–Kier alpha value is -1.55. The standard InChI is InChI=1S/C15H22N2O2/c1-11(12-6-5-7-13(10-12)19-2)17-15(18)14-8-3-4-9-16-14/h5-7,10-11,14,16H,3-4,8-9H2,1-2H3,(H,17,18)/t11-,14?/m0/s1. The van der Waals surface area contributed by atoms with Gasteiger partial charge in [0.05, 0.1) is 19.2 Å². The lowest BCUT2D eigenvalue weighted by Gasteiger charge is -2.24. The minimum atomic E-state index is -0.0400. The Kier molecular flexibility index (Phi) is 4.80. The average Bonchev–Trinajstić information content (AvgIpc) is 2.48. The van der Waals surface area contributed by atoms with Gasteiger partial charge >= 0.3 is 0 Å². The van der Waals surface area contributed by atoms with Gasteiger partial charge < -0.3 is 15.4 Å². The fraction of sp³-hybridized carbons (Fsp3) is 0.533. The third kappa shape index (κ3) is 3.70. The molecule has 1 aliphatic rings. The predicted molar refractivity (Wildman–Crippen MR) is 75.2 cm³/mol. The first-order chi connectivity index (χ1) is 9.20. The molecule has 19 heavy (non-hydrogen) atoms. The number of hydrogen-bond donors (Lipinski definition) is 2. The monoisotopic (exact) mass is 262 g/mol. The van der Waals surface area contributed by atoms with Gasteiger partial charge in [0.15, 0.2) is 0 Å². The van der Waals surface area contributed by atoms with Crippen LogP contribution in [0.5, 0.6) is 5.75 Å². The molecule has 0 bridgehead atoms. The second kappa shape index (κ2) is 6.57. The number of ether oxygens (including phenoxy) is 1. The summed E-state index contributed by atoms with van der Waals surface area (Å²) in [4.78, 5) is 12.1. The van der Waals surface area contributed by atoms with Crippen LogP contribution in [0.2, 0.25) is 0 Å². The fourth-order valence-corrected chi connectivity index (χ4v) is 2.38. The van der Waals surface area contributed by atoms with Crippen molar-refractivity contribution < 1.29 is 9.53 Å². The van der Waals surface area contributed by atoms with Gasteiger partial charge in [-0.15, -0.1) is 0 Å². The van der Waals surface area contributed by atoms with Gasteiger partial charge in [-0.25, -0.2) is 0 Å². The summed E-state index contributed by atoms with van der Waals surface area (Å²) in [7, 11) is 1.65. The SMILES string of the molecule is COc1cccc([C@H](C)NC(=O)C2CCCCN2)c1. The number of piperidine rings is 1. The lowest BCUT2D eigenvalue weighted by Crippen LogP contribution is -2.47. The summed E-state index contributed by atoms with van der Waals surface area (Å²) < 4.78 is 5.20. The Morgan fingerprint density at radius 1 is 1.47 bits per heavy atom. The topological polar surface area (TPSA) is 50.4 Å². The molecule has 1 aromatic rings. The molecule has 1 amide bonds. The number of nitrogens with one attached hydrogen (secondary N) is 2.